The number of aliphatic hydroxyl groups excluding tert-OH is 1. The normalized spacial score (nSPS) is 33.4. The lowest BCUT2D eigenvalue weighted by Crippen LogP contribution is -2.31. The highest BCUT2D eigenvalue weighted by Crippen LogP contribution is 2.43. The van der Waals surface area contributed by atoms with Crippen LogP contribution in [0.5, 0.6) is 0 Å². The third-order valence-corrected chi connectivity index (χ3v) is 3.96. The van der Waals surface area contributed by atoms with Crippen LogP contribution in [-0.4, -0.2) is 55.6 Å². The predicted octanol–water partition coefficient (Wildman–Crippen LogP) is -0.519. The van der Waals surface area contributed by atoms with E-state index in [1.54, 1.807) is 4.68 Å². The average Bonchev–Trinajstić information content (AvgIpc) is 3.10. The van der Waals surface area contributed by atoms with Crippen molar-refractivity contribution in [2.45, 2.75) is 44.2 Å². The quantitative estimate of drug-likeness (QED) is 0.768. The second kappa shape index (κ2) is 4.59. The second-order valence-corrected chi connectivity index (χ2v) is 5.87. The highest BCUT2D eigenvalue weighted by molar-refractivity contribution is 5.53. The van der Waals surface area contributed by atoms with Crippen LogP contribution >= 0.6 is 0 Å². The van der Waals surface area contributed by atoms with E-state index in [2.05, 4.69) is 15.1 Å². The Morgan fingerprint density at radius 3 is 2.91 bits per heavy atom. The molecule has 2 fully saturated rings. The Morgan fingerprint density at radius 1 is 1.36 bits per heavy atom. The van der Waals surface area contributed by atoms with Crippen molar-refractivity contribution < 1.29 is 19.3 Å². The monoisotopic (exact) mass is 308 g/mol. The largest absolute Gasteiger partial charge is 0.394 e. The summed E-state index contributed by atoms with van der Waals surface area (Å²) in [5.74, 6) is -0.331. The molecule has 0 aromatic heterocycles. The molecule has 2 saturated heterocycles. The number of aliphatic hydroxyl groups is 1. The zero-order valence-electron chi connectivity index (χ0n) is 12.1. The fourth-order valence-electron chi connectivity index (χ4n) is 3.09. The van der Waals surface area contributed by atoms with Gasteiger partial charge in [0, 0.05) is 6.20 Å². The van der Waals surface area contributed by atoms with Gasteiger partial charge in [0.2, 0.25) is 0 Å². The number of hydrogen-bond donors (Lipinski definition) is 2. The van der Waals surface area contributed by atoms with Gasteiger partial charge in [-0.05, 0) is 13.8 Å². The van der Waals surface area contributed by atoms with E-state index in [1.807, 2.05) is 13.8 Å². The van der Waals surface area contributed by atoms with Crippen LogP contribution in [0, 0.1) is 0 Å². The Morgan fingerprint density at radius 2 is 2.14 bits per heavy atom. The first-order valence-electron chi connectivity index (χ1n) is 7.03. The Bertz CT molecular complexity index is 725. The van der Waals surface area contributed by atoms with Gasteiger partial charge < -0.3 is 24.4 Å². The number of fused-ring (bicyclic) bond motifs is 2. The molecule has 22 heavy (non-hydrogen) atoms. The van der Waals surface area contributed by atoms with Crippen LogP contribution in [0.4, 0.5) is 0 Å². The van der Waals surface area contributed by atoms with Crippen molar-refractivity contribution in [2.24, 2.45) is 0 Å². The average molecular weight is 308 g/mol. The predicted molar refractivity (Wildman–Crippen MR) is 72.1 cm³/mol. The highest BCUT2D eigenvalue weighted by atomic mass is 16.8. The van der Waals surface area contributed by atoms with Crippen molar-refractivity contribution >= 4 is 0 Å². The van der Waals surface area contributed by atoms with Crippen molar-refractivity contribution in [3.05, 3.63) is 22.9 Å². The van der Waals surface area contributed by atoms with Crippen molar-refractivity contribution in [3.63, 3.8) is 0 Å². The molecule has 0 bridgehead atoms. The molecule has 0 unspecified atom stereocenters. The van der Waals surface area contributed by atoms with E-state index in [0.717, 1.165) is 0 Å². The number of rotatable bonds is 2. The van der Waals surface area contributed by atoms with E-state index in [0.29, 0.717) is 11.4 Å². The van der Waals surface area contributed by atoms with Crippen molar-refractivity contribution in [1.29, 1.82) is 0 Å². The van der Waals surface area contributed by atoms with Crippen LogP contribution in [0.3, 0.4) is 0 Å². The van der Waals surface area contributed by atoms with Gasteiger partial charge in [-0.3, -0.25) is 4.79 Å². The van der Waals surface area contributed by atoms with E-state index in [-0.39, 0.29) is 18.3 Å². The lowest BCUT2D eigenvalue weighted by atomic mass is 10.1. The first-order valence-corrected chi connectivity index (χ1v) is 7.03. The topological polar surface area (TPSA) is 111 Å². The van der Waals surface area contributed by atoms with Gasteiger partial charge in [0.05, 0.1) is 6.61 Å². The Kier molecular flexibility index (Phi) is 2.89. The summed E-state index contributed by atoms with van der Waals surface area (Å²) in [4.78, 5) is 19.5. The van der Waals surface area contributed by atoms with Crippen molar-refractivity contribution in [1.82, 2.24) is 19.7 Å². The Labute approximate surface area is 125 Å². The SMILES string of the molecule is CC1(C)O[C@@H]2[C@H](O1)[C@@H](CO)O[C@H]2n1[nH]cc2c(=O)ncnc1-2. The minimum atomic E-state index is -0.758. The zero-order chi connectivity index (χ0) is 15.5. The van der Waals surface area contributed by atoms with E-state index in [9.17, 15) is 9.90 Å². The van der Waals surface area contributed by atoms with Gasteiger partial charge in [0.15, 0.2) is 17.8 Å². The van der Waals surface area contributed by atoms with Crippen molar-refractivity contribution in [3.8, 4) is 11.4 Å². The molecule has 4 heterocycles. The fraction of sp³-hybridized carbons (Fsp3) is 0.615. The minimum absolute atomic E-state index is 0.182. The molecule has 2 N–H and O–H groups in total. The molecule has 0 aromatic carbocycles. The molecular weight excluding hydrogens is 292 g/mol. The van der Waals surface area contributed by atoms with E-state index < -0.39 is 24.2 Å². The van der Waals surface area contributed by atoms with Gasteiger partial charge in [-0.25, -0.2) is 9.67 Å². The van der Waals surface area contributed by atoms with Gasteiger partial charge in [0.25, 0.3) is 5.56 Å². The lowest BCUT2D eigenvalue weighted by molar-refractivity contribution is -0.201. The maximum atomic E-state index is 11.7. The summed E-state index contributed by atoms with van der Waals surface area (Å²) in [5.41, 5.74) is 0.00505. The highest BCUT2D eigenvalue weighted by Gasteiger charge is 2.56. The molecule has 0 amide bonds. The maximum Gasteiger partial charge on any atom is 0.283 e. The lowest BCUT2D eigenvalue weighted by Gasteiger charge is -2.24. The molecule has 4 aliphatic heterocycles. The third kappa shape index (κ3) is 1.90. The van der Waals surface area contributed by atoms with E-state index >= 15 is 0 Å². The summed E-state index contributed by atoms with van der Waals surface area (Å²) >= 11 is 0. The van der Waals surface area contributed by atoms with Gasteiger partial charge in [-0.15, -0.1) is 0 Å². The summed E-state index contributed by atoms with van der Waals surface area (Å²) in [5, 5.41) is 12.5. The zero-order valence-corrected chi connectivity index (χ0v) is 12.1. The third-order valence-electron chi connectivity index (χ3n) is 3.96. The van der Waals surface area contributed by atoms with Gasteiger partial charge in [-0.2, -0.15) is 4.98 Å². The van der Waals surface area contributed by atoms with Crippen LogP contribution in [0.25, 0.3) is 11.4 Å². The van der Waals surface area contributed by atoms with Crippen LogP contribution in [-0.2, 0) is 14.2 Å². The number of nitrogens with zero attached hydrogens (tertiary/aromatic N) is 3. The number of aromatic amines is 1. The molecule has 0 radical (unpaired) electrons. The molecule has 0 aliphatic carbocycles. The number of H-pyrrole nitrogens is 1. The summed E-state index contributed by atoms with van der Waals surface area (Å²) in [6.07, 6.45) is 0.866. The molecular formula is C13H16N4O5. The molecule has 0 aromatic rings. The van der Waals surface area contributed by atoms with E-state index in [4.69, 9.17) is 14.2 Å². The smallest absolute Gasteiger partial charge is 0.283 e. The van der Waals surface area contributed by atoms with E-state index in [1.165, 1.54) is 12.5 Å². The van der Waals surface area contributed by atoms with Gasteiger partial charge in [0.1, 0.15) is 30.2 Å². The fourth-order valence-corrected chi connectivity index (χ4v) is 3.09. The van der Waals surface area contributed by atoms with Crippen LogP contribution in [0.2, 0.25) is 0 Å². The van der Waals surface area contributed by atoms with Crippen molar-refractivity contribution in [2.75, 3.05) is 6.61 Å². The van der Waals surface area contributed by atoms with Gasteiger partial charge in [-0.1, -0.05) is 0 Å². The van der Waals surface area contributed by atoms with Crippen LogP contribution in [0.1, 0.15) is 20.1 Å². The second-order valence-electron chi connectivity index (χ2n) is 5.87. The molecule has 0 saturated carbocycles. The molecule has 9 nitrogen and oxygen atoms in total. The number of aromatic nitrogens is 4. The van der Waals surface area contributed by atoms with Gasteiger partial charge >= 0.3 is 0 Å². The van der Waals surface area contributed by atoms with Crippen LogP contribution in [0.15, 0.2) is 17.3 Å². The summed E-state index contributed by atoms with van der Waals surface area (Å²) in [6.45, 7) is 3.44. The molecule has 118 valence electrons. The van der Waals surface area contributed by atoms with Crippen LogP contribution < -0.4 is 5.56 Å². The summed E-state index contributed by atoms with van der Waals surface area (Å²) in [6, 6.07) is 0. The first kappa shape index (κ1) is 13.8. The molecule has 4 rings (SSSR count). The first-order chi connectivity index (χ1) is 10.5. The Hall–Kier alpha value is -1.81. The number of ether oxygens (including phenoxy) is 3. The molecule has 0 spiro atoms. The summed E-state index contributed by atoms with van der Waals surface area (Å²) in [7, 11) is 0. The summed E-state index contributed by atoms with van der Waals surface area (Å²) < 4.78 is 19.2. The molecule has 9 heteroatoms. The molecule has 4 atom stereocenters. The standard InChI is InChI=1S/C13H16N4O5/c1-13(2)21-8-7(4-18)20-12(9(8)22-13)17-10-6(3-16-17)11(19)15-5-14-10/h3,5,7-9,12,16,18H,4H2,1-2H3/t7-,8-,9-,12-/m1/s1. The minimum Gasteiger partial charge on any atom is -0.394 e. The number of nitrogens with one attached hydrogen (secondary N) is 1. The maximum absolute atomic E-state index is 11.7. The molecule has 4 aliphatic rings. The Balaban J connectivity index is 1.75. The number of hydrogen-bond acceptors (Lipinski definition) is 7.